The van der Waals surface area contributed by atoms with Gasteiger partial charge in [-0.05, 0) is 20.8 Å². The van der Waals surface area contributed by atoms with E-state index < -0.39 is 22.0 Å². The largest absolute Gasteiger partial charge is 0.480 e. The first-order chi connectivity index (χ1) is 10.6. The molecule has 9 nitrogen and oxygen atoms in total. The Balaban J connectivity index is 3.10. The summed E-state index contributed by atoms with van der Waals surface area (Å²) in [6, 6.07) is -1.29. The summed E-state index contributed by atoms with van der Waals surface area (Å²) in [6.45, 7) is 6.13. The lowest BCUT2D eigenvalue weighted by Gasteiger charge is -2.25. The predicted octanol–water partition coefficient (Wildman–Crippen LogP) is 0.0639. The van der Waals surface area contributed by atoms with E-state index in [2.05, 4.69) is 10.4 Å². The number of carbonyl (C=O) groups excluding carboxylic acids is 1. The van der Waals surface area contributed by atoms with E-state index in [1.807, 2.05) is 13.8 Å². The summed E-state index contributed by atoms with van der Waals surface area (Å²) in [6.07, 6.45) is 2.55. The van der Waals surface area contributed by atoms with Gasteiger partial charge in [0.05, 0.1) is 6.20 Å². The highest BCUT2D eigenvalue weighted by molar-refractivity contribution is 7.89. The molecule has 2 N–H and O–H groups in total. The summed E-state index contributed by atoms with van der Waals surface area (Å²) in [4.78, 5) is 22.1. The highest BCUT2D eigenvalue weighted by Gasteiger charge is 2.33. The number of carbonyl (C=O) groups is 2. The molecule has 1 heterocycles. The van der Waals surface area contributed by atoms with E-state index in [0.717, 1.165) is 4.31 Å². The zero-order chi connectivity index (χ0) is 17.8. The van der Waals surface area contributed by atoms with Crippen LogP contribution in [0.25, 0.3) is 0 Å². The van der Waals surface area contributed by atoms with Gasteiger partial charge in [0.25, 0.3) is 0 Å². The normalized spacial score (nSPS) is 13.3. The number of aliphatic carboxylic acids is 1. The molecule has 1 unspecified atom stereocenters. The number of hydrogen-bond donors (Lipinski definition) is 2. The summed E-state index contributed by atoms with van der Waals surface area (Å²) in [7, 11) is -4.04. The smallest absolute Gasteiger partial charge is 0.321 e. The van der Waals surface area contributed by atoms with Crippen molar-refractivity contribution < 1.29 is 23.1 Å². The van der Waals surface area contributed by atoms with Gasteiger partial charge in [-0.1, -0.05) is 0 Å². The van der Waals surface area contributed by atoms with Crippen LogP contribution in [0.5, 0.6) is 0 Å². The molecule has 1 rings (SSSR count). The number of hydrogen-bond acceptors (Lipinski definition) is 5. The molecule has 1 amide bonds. The van der Waals surface area contributed by atoms with Crippen LogP contribution < -0.4 is 5.32 Å². The highest BCUT2D eigenvalue weighted by atomic mass is 32.2. The van der Waals surface area contributed by atoms with E-state index in [-0.39, 0.29) is 29.9 Å². The Labute approximate surface area is 135 Å². The minimum atomic E-state index is -4.04. The number of rotatable bonds is 8. The third-order valence-corrected chi connectivity index (χ3v) is 5.13. The van der Waals surface area contributed by atoms with Crippen LogP contribution in [-0.4, -0.2) is 58.6 Å². The van der Waals surface area contributed by atoms with Gasteiger partial charge in [0.2, 0.25) is 15.9 Å². The lowest BCUT2D eigenvalue weighted by molar-refractivity contribution is -0.140. The first kappa shape index (κ1) is 19.1. The van der Waals surface area contributed by atoms with Crippen molar-refractivity contribution >= 4 is 21.9 Å². The van der Waals surface area contributed by atoms with Gasteiger partial charge in [-0.3, -0.25) is 14.3 Å². The van der Waals surface area contributed by atoms with Crippen LogP contribution in [0, 0.1) is 0 Å². The Morgan fingerprint density at radius 1 is 1.39 bits per heavy atom. The molecule has 0 aliphatic heterocycles. The van der Waals surface area contributed by atoms with Crippen LogP contribution in [0.2, 0.25) is 0 Å². The van der Waals surface area contributed by atoms with Gasteiger partial charge in [-0.25, -0.2) is 8.42 Å². The number of carboxylic acid groups (broad SMARTS) is 1. The van der Waals surface area contributed by atoms with Crippen molar-refractivity contribution in [3.05, 3.63) is 12.4 Å². The lowest BCUT2D eigenvalue weighted by Crippen LogP contribution is -2.46. The summed E-state index contributed by atoms with van der Waals surface area (Å²) in [5, 5.41) is 15.6. The summed E-state index contributed by atoms with van der Waals surface area (Å²) < 4.78 is 27.7. The van der Waals surface area contributed by atoms with Gasteiger partial charge in [0, 0.05) is 32.3 Å². The number of carboxylic acids is 1. The first-order valence-corrected chi connectivity index (χ1v) is 8.54. The van der Waals surface area contributed by atoms with Crippen LogP contribution in [0.1, 0.15) is 33.7 Å². The van der Waals surface area contributed by atoms with Crippen molar-refractivity contribution in [1.29, 1.82) is 0 Å². The van der Waals surface area contributed by atoms with Crippen LogP contribution in [-0.2, 0) is 19.6 Å². The minimum Gasteiger partial charge on any atom is -0.480 e. The SMILES string of the molecule is CC(=O)NCCN(C(C)C(=O)O)S(=O)(=O)c1cnn(C(C)C)c1. The predicted molar refractivity (Wildman–Crippen MR) is 82.3 cm³/mol. The average Bonchev–Trinajstić information content (AvgIpc) is 2.92. The number of nitrogens with one attached hydrogen (secondary N) is 1. The van der Waals surface area contributed by atoms with Crippen molar-refractivity contribution in [2.24, 2.45) is 0 Å². The fraction of sp³-hybridized carbons (Fsp3) is 0.615. The van der Waals surface area contributed by atoms with Gasteiger partial charge in [0.1, 0.15) is 10.9 Å². The van der Waals surface area contributed by atoms with Gasteiger partial charge in [-0.15, -0.1) is 0 Å². The third-order valence-electron chi connectivity index (χ3n) is 3.21. The Hall–Kier alpha value is -1.94. The van der Waals surface area contributed by atoms with Crippen molar-refractivity contribution in [2.45, 2.75) is 44.7 Å². The van der Waals surface area contributed by atoms with Crippen molar-refractivity contribution in [1.82, 2.24) is 19.4 Å². The van der Waals surface area contributed by atoms with E-state index in [1.165, 1.54) is 30.9 Å². The second-order valence-corrected chi connectivity index (χ2v) is 7.25. The molecular formula is C13H22N4O5S. The number of nitrogens with zero attached hydrogens (tertiary/aromatic N) is 3. The van der Waals surface area contributed by atoms with E-state index in [9.17, 15) is 18.0 Å². The molecule has 0 radical (unpaired) electrons. The quantitative estimate of drug-likeness (QED) is 0.686. The molecule has 0 spiro atoms. The molecule has 1 aromatic heterocycles. The van der Waals surface area contributed by atoms with Gasteiger partial charge in [0.15, 0.2) is 0 Å². The first-order valence-electron chi connectivity index (χ1n) is 7.10. The zero-order valence-corrected chi connectivity index (χ0v) is 14.4. The van der Waals surface area contributed by atoms with Crippen molar-refractivity contribution in [3.8, 4) is 0 Å². The Morgan fingerprint density at radius 3 is 2.43 bits per heavy atom. The summed E-state index contributed by atoms with van der Waals surface area (Å²) in [5.41, 5.74) is 0. The van der Waals surface area contributed by atoms with Crippen LogP contribution in [0.3, 0.4) is 0 Å². The van der Waals surface area contributed by atoms with Gasteiger partial charge in [-0.2, -0.15) is 9.40 Å². The fourth-order valence-electron chi connectivity index (χ4n) is 1.86. The Kier molecular flexibility index (Phi) is 6.28. The number of amides is 1. The van der Waals surface area contributed by atoms with E-state index in [1.54, 1.807) is 0 Å². The fourth-order valence-corrected chi connectivity index (χ4v) is 3.39. The number of sulfonamides is 1. The molecule has 130 valence electrons. The Bertz CT molecular complexity index is 668. The van der Waals surface area contributed by atoms with Crippen LogP contribution in [0.4, 0.5) is 0 Å². The molecule has 0 aliphatic rings. The zero-order valence-electron chi connectivity index (χ0n) is 13.6. The standard InChI is InChI=1S/C13H22N4O5S/c1-9(2)16-8-12(7-15-16)23(21,22)17(10(3)13(19)20)6-5-14-11(4)18/h7-10H,5-6H2,1-4H3,(H,14,18)(H,19,20). The van der Waals surface area contributed by atoms with E-state index in [0.29, 0.717) is 0 Å². The van der Waals surface area contributed by atoms with Gasteiger partial charge < -0.3 is 10.4 Å². The molecule has 0 fully saturated rings. The van der Waals surface area contributed by atoms with Crippen LogP contribution >= 0.6 is 0 Å². The second kappa shape index (κ2) is 7.55. The van der Waals surface area contributed by atoms with Gasteiger partial charge >= 0.3 is 5.97 Å². The molecule has 10 heteroatoms. The average molecular weight is 346 g/mol. The third kappa shape index (κ3) is 4.76. The molecule has 0 bridgehead atoms. The topological polar surface area (TPSA) is 122 Å². The van der Waals surface area contributed by atoms with Crippen molar-refractivity contribution in [2.75, 3.05) is 13.1 Å². The molecule has 0 aromatic carbocycles. The molecule has 1 aromatic rings. The Morgan fingerprint density at radius 2 is 2.00 bits per heavy atom. The maximum atomic E-state index is 12.7. The number of aromatic nitrogens is 2. The molecule has 1 atom stereocenters. The molecule has 0 aliphatic carbocycles. The maximum Gasteiger partial charge on any atom is 0.321 e. The van der Waals surface area contributed by atoms with E-state index in [4.69, 9.17) is 5.11 Å². The van der Waals surface area contributed by atoms with E-state index >= 15 is 0 Å². The molecule has 23 heavy (non-hydrogen) atoms. The second-order valence-electron chi connectivity index (χ2n) is 5.36. The maximum absolute atomic E-state index is 12.7. The summed E-state index contributed by atoms with van der Waals surface area (Å²) >= 11 is 0. The highest BCUT2D eigenvalue weighted by Crippen LogP contribution is 2.19. The monoisotopic (exact) mass is 346 g/mol. The van der Waals surface area contributed by atoms with Crippen LogP contribution in [0.15, 0.2) is 17.3 Å². The molecular weight excluding hydrogens is 324 g/mol. The molecule has 0 saturated carbocycles. The summed E-state index contributed by atoms with van der Waals surface area (Å²) in [5.74, 6) is -1.59. The van der Waals surface area contributed by atoms with Crippen molar-refractivity contribution in [3.63, 3.8) is 0 Å². The lowest BCUT2D eigenvalue weighted by atomic mass is 10.3. The molecule has 0 saturated heterocycles. The minimum absolute atomic E-state index is 0.0184.